The highest BCUT2D eigenvalue weighted by Gasteiger charge is 2.27. The van der Waals surface area contributed by atoms with Gasteiger partial charge in [0.2, 0.25) is 0 Å². The van der Waals surface area contributed by atoms with E-state index in [-0.39, 0.29) is 5.41 Å². The third-order valence-corrected chi connectivity index (χ3v) is 3.08. The molecule has 5 nitrogen and oxygen atoms in total. The van der Waals surface area contributed by atoms with Crippen molar-refractivity contribution in [3.05, 3.63) is 35.2 Å². The number of benzene rings is 1. The van der Waals surface area contributed by atoms with Crippen LogP contribution in [0, 0.1) is 6.92 Å². The number of carbonyl (C=O) groups is 1. The van der Waals surface area contributed by atoms with Crippen molar-refractivity contribution in [1.29, 1.82) is 0 Å². The van der Waals surface area contributed by atoms with Crippen LogP contribution in [0.4, 0.5) is 0 Å². The molecule has 5 heteroatoms. The number of rotatable bonds is 3. The molecule has 0 spiro atoms. The first-order chi connectivity index (χ1) is 9.38. The molecule has 2 aromatic rings. The largest absolute Gasteiger partial charge is 0.494 e. The maximum atomic E-state index is 11.2. The summed E-state index contributed by atoms with van der Waals surface area (Å²) in [6, 6.07) is 5.83. The maximum Gasteiger partial charge on any atom is 0.172 e. The number of methoxy groups -OCH3 is 1. The van der Waals surface area contributed by atoms with Crippen LogP contribution in [0.3, 0.4) is 0 Å². The fraction of sp³-hybridized carbons (Fsp3) is 0.400. The molecule has 0 saturated carbocycles. The number of aryl methyl sites for hydroxylation is 1. The number of nitrogens with zero attached hydrogens (tertiary/aromatic N) is 3. The lowest BCUT2D eigenvalue weighted by Gasteiger charge is -2.21. The monoisotopic (exact) mass is 273 g/mol. The molecule has 0 aliphatic carbocycles. The van der Waals surface area contributed by atoms with Gasteiger partial charge in [0.05, 0.1) is 12.8 Å². The van der Waals surface area contributed by atoms with E-state index in [0.29, 0.717) is 11.4 Å². The SMILES string of the molecule is COc1ccc(C)cc1-n1nnc(C=O)c1C(C)(C)C. The molecule has 2 rings (SSSR count). The Balaban J connectivity index is 2.74. The van der Waals surface area contributed by atoms with Crippen molar-refractivity contribution in [2.24, 2.45) is 0 Å². The van der Waals surface area contributed by atoms with E-state index in [4.69, 9.17) is 4.74 Å². The van der Waals surface area contributed by atoms with Crippen LogP contribution >= 0.6 is 0 Å². The fourth-order valence-electron chi connectivity index (χ4n) is 2.21. The van der Waals surface area contributed by atoms with E-state index >= 15 is 0 Å². The van der Waals surface area contributed by atoms with Crippen LogP contribution in [0.5, 0.6) is 5.75 Å². The lowest BCUT2D eigenvalue weighted by atomic mass is 9.90. The second-order valence-electron chi connectivity index (χ2n) is 5.78. The Labute approximate surface area is 118 Å². The van der Waals surface area contributed by atoms with Crippen molar-refractivity contribution in [3.8, 4) is 11.4 Å². The number of hydrogen-bond donors (Lipinski definition) is 0. The Morgan fingerprint density at radius 1 is 1.30 bits per heavy atom. The minimum Gasteiger partial charge on any atom is -0.494 e. The smallest absolute Gasteiger partial charge is 0.172 e. The number of aldehydes is 1. The Hall–Kier alpha value is -2.17. The molecule has 0 fully saturated rings. The Morgan fingerprint density at radius 3 is 2.55 bits per heavy atom. The van der Waals surface area contributed by atoms with Crippen molar-refractivity contribution in [2.75, 3.05) is 7.11 Å². The van der Waals surface area contributed by atoms with Crippen molar-refractivity contribution < 1.29 is 9.53 Å². The van der Waals surface area contributed by atoms with Gasteiger partial charge in [-0.05, 0) is 24.6 Å². The molecule has 1 aromatic carbocycles. The molecule has 0 radical (unpaired) electrons. The zero-order chi connectivity index (χ0) is 14.9. The Bertz CT molecular complexity index is 639. The van der Waals surface area contributed by atoms with Crippen LogP contribution in [0.2, 0.25) is 0 Å². The van der Waals surface area contributed by atoms with Crippen molar-refractivity contribution >= 4 is 6.29 Å². The molecule has 1 heterocycles. The Morgan fingerprint density at radius 2 is 2.00 bits per heavy atom. The maximum absolute atomic E-state index is 11.2. The highest BCUT2D eigenvalue weighted by Crippen LogP contribution is 2.30. The number of hydrogen-bond acceptors (Lipinski definition) is 4. The van der Waals surface area contributed by atoms with Gasteiger partial charge >= 0.3 is 0 Å². The first kappa shape index (κ1) is 14.2. The van der Waals surface area contributed by atoms with Gasteiger partial charge in [-0.25, -0.2) is 4.68 Å². The molecule has 0 unspecified atom stereocenters. The van der Waals surface area contributed by atoms with Crippen LogP contribution in [-0.4, -0.2) is 28.4 Å². The van der Waals surface area contributed by atoms with Gasteiger partial charge in [0.1, 0.15) is 17.1 Å². The highest BCUT2D eigenvalue weighted by molar-refractivity contribution is 5.74. The summed E-state index contributed by atoms with van der Waals surface area (Å²) < 4.78 is 7.08. The summed E-state index contributed by atoms with van der Waals surface area (Å²) in [7, 11) is 1.61. The minimum absolute atomic E-state index is 0.255. The zero-order valence-electron chi connectivity index (χ0n) is 12.5. The molecule has 0 atom stereocenters. The third-order valence-electron chi connectivity index (χ3n) is 3.08. The first-order valence-corrected chi connectivity index (χ1v) is 6.45. The fourth-order valence-corrected chi connectivity index (χ4v) is 2.21. The van der Waals surface area contributed by atoms with E-state index in [2.05, 4.69) is 10.3 Å². The normalized spacial score (nSPS) is 11.4. The topological polar surface area (TPSA) is 57.0 Å². The molecule has 0 saturated heterocycles. The predicted molar refractivity (Wildman–Crippen MR) is 76.7 cm³/mol. The van der Waals surface area contributed by atoms with Crippen molar-refractivity contribution in [3.63, 3.8) is 0 Å². The van der Waals surface area contributed by atoms with Crippen molar-refractivity contribution in [2.45, 2.75) is 33.1 Å². The van der Waals surface area contributed by atoms with Gasteiger partial charge in [0, 0.05) is 5.41 Å². The molecule has 0 amide bonds. The molecular weight excluding hydrogens is 254 g/mol. The van der Waals surface area contributed by atoms with Gasteiger partial charge in [-0.3, -0.25) is 4.79 Å². The van der Waals surface area contributed by atoms with Crippen LogP contribution in [0.25, 0.3) is 5.69 Å². The van der Waals surface area contributed by atoms with E-state index in [1.165, 1.54) is 0 Å². The van der Waals surface area contributed by atoms with Gasteiger partial charge in [0.25, 0.3) is 0 Å². The van der Waals surface area contributed by atoms with Crippen LogP contribution in [0.1, 0.15) is 42.5 Å². The van der Waals surface area contributed by atoms with E-state index in [9.17, 15) is 4.79 Å². The first-order valence-electron chi connectivity index (χ1n) is 6.45. The van der Waals surface area contributed by atoms with Gasteiger partial charge in [-0.15, -0.1) is 5.10 Å². The van der Waals surface area contributed by atoms with E-state index in [0.717, 1.165) is 23.2 Å². The average Bonchev–Trinajstić information content (AvgIpc) is 2.82. The second kappa shape index (κ2) is 5.07. The van der Waals surface area contributed by atoms with Gasteiger partial charge in [-0.1, -0.05) is 32.1 Å². The lowest BCUT2D eigenvalue weighted by Crippen LogP contribution is -2.19. The molecule has 0 aliphatic rings. The number of aromatic nitrogens is 3. The Kier molecular flexibility index (Phi) is 3.61. The summed E-state index contributed by atoms with van der Waals surface area (Å²) in [4.78, 5) is 11.2. The summed E-state index contributed by atoms with van der Waals surface area (Å²) in [5.41, 5.74) is 2.76. The summed E-state index contributed by atoms with van der Waals surface area (Å²) in [5, 5.41) is 8.10. The van der Waals surface area contributed by atoms with E-state index in [1.54, 1.807) is 11.8 Å². The van der Waals surface area contributed by atoms with Crippen LogP contribution in [-0.2, 0) is 5.41 Å². The summed E-state index contributed by atoms with van der Waals surface area (Å²) >= 11 is 0. The predicted octanol–water partition coefficient (Wildman–Crippen LogP) is 2.69. The van der Waals surface area contributed by atoms with E-state index in [1.807, 2.05) is 45.9 Å². The third kappa shape index (κ3) is 2.43. The molecule has 0 aliphatic heterocycles. The van der Waals surface area contributed by atoms with E-state index < -0.39 is 0 Å². The van der Waals surface area contributed by atoms with Crippen LogP contribution < -0.4 is 4.74 Å². The lowest BCUT2D eigenvalue weighted by molar-refractivity contribution is 0.111. The van der Waals surface area contributed by atoms with Crippen molar-refractivity contribution in [1.82, 2.24) is 15.0 Å². The summed E-state index contributed by atoms with van der Waals surface area (Å²) in [6.07, 6.45) is 0.742. The molecule has 20 heavy (non-hydrogen) atoms. The van der Waals surface area contributed by atoms with Crippen LogP contribution in [0.15, 0.2) is 18.2 Å². The summed E-state index contributed by atoms with van der Waals surface area (Å²) in [5.74, 6) is 0.698. The number of carbonyl (C=O) groups excluding carboxylic acids is 1. The molecule has 0 N–H and O–H groups in total. The second-order valence-corrected chi connectivity index (χ2v) is 5.78. The molecule has 106 valence electrons. The number of ether oxygens (including phenoxy) is 1. The summed E-state index contributed by atoms with van der Waals surface area (Å²) in [6.45, 7) is 8.07. The minimum atomic E-state index is -0.255. The zero-order valence-corrected chi connectivity index (χ0v) is 12.5. The highest BCUT2D eigenvalue weighted by atomic mass is 16.5. The van der Waals surface area contributed by atoms with Gasteiger partial charge in [-0.2, -0.15) is 0 Å². The quantitative estimate of drug-likeness (QED) is 0.807. The molecule has 1 aromatic heterocycles. The molecule has 0 bridgehead atoms. The van der Waals surface area contributed by atoms with Gasteiger partial charge < -0.3 is 4.74 Å². The molecular formula is C15H19N3O2. The van der Waals surface area contributed by atoms with Gasteiger partial charge in [0.15, 0.2) is 6.29 Å². The standard InChI is InChI=1S/C15H19N3O2/c1-10-6-7-13(20-5)12(8-10)18-14(15(2,3)4)11(9-19)16-17-18/h6-9H,1-5H3. The average molecular weight is 273 g/mol.